The maximum absolute atomic E-state index is 17.2. The van der Waals surface area contributed by atoms with Crippen molar-refractivity contribution < 1.29 is 28.4 Å². The number of hydrogen-bond donors (Lipinski definition) is 2. The van der Waals surface area contributed by atoms with Crippen LogP contribution in [0.4, 0.5) is 10.2 Å². The lowest BCUT2D eigenvalue weighted by Gasteiger charge is -2.49. The molecule has 51 heavy (non-hydrogen) atoms. The first-order valence-electron chi connectivity index (χ1n) is 18.3. The number of pyridine rings is 1. The van der Waals surface area contributed by atoms with Crippen molar-refractivity contribution in [2.75, 3.05) is 64.7 Å². The Morgan fingerprint density at radius 1 is 1.08 bits per heavy atom. The van der Waals surface area contributed by atoms with Crippen molar-refractivity contribution in [1.82, 2.24) is 30.0 Å². The largest absolute Gasteiger partial charge is 0.480 e. The van der Waals surface area contributed by atoms with Crippen LogP contribution in [0.2, 0.25) is 5.02 Å². The number of methoxy groups -OCH3 is 1. The summed E-state index contributed by atoms with van der Waals surface area (Å²) in [6, 6.07) is 2.77. The number of benzene rings is 1. The molecule has 4 atom stereocenters. The van der Waals surface area contributed by atoms with E-state index in [4.69, 9.17) is 45.5 Å². The Bertz CT molecular complexity index is 1920. The molecule has 0 spiro atoms. The van der Waals surface area contributed by atoms with Crippen molar-refractivity contribution in [1.29, 1.82) is 0 Å². The number of halogens is 2. The second kappa shape index (κ2) is 13.9. The molecule has 12 nitrogen and oxygen atoms in total. The number of hydrogen-bond acceptors (Lipinski definition) is 11. The number of rotatable bonds is 7. The minimum atomic E-state index is -1.18. The van der Waals surface area contributed by atoms with Gasteiger partial charge in [-0.25, -0.2) is 9.37 Å². The van der Waals surface area contributed by atoms with Crippen LogP contribution in [0.5, 0.6) is 11.9 Å². The molecule has 0 amide bonds. The first-order valence-corrected chi connectivity index (χ1v) is 18.6. The van der Waals surface area contributed by atoms with Gasteiger partial charge in [-0.05, 0) is 77.0 Å². The number of anilines is 1. The second-order valence-corrected chi connectivity index (χ2v) is 15.5. The number of aliphatic hydroxyl groups is 1. The molecule has 0 bridgehead atoms. The zero-order valence-corrected chi connectivity index (χ0v) is 30.4. The monoisotopic (exact) mass is 723 g/mol. The molecule has 1 aliphatic carbocycles. The van der Waals surface area contributed by atoms with Gasteiger partial charge in [-0.3, -0.25) is 10.00 Å². The number of nitrogens with one attached hydrogen (secondary N) is 1. The summed E-state index contributed by atoms with van der Waals surface area (Å²) in [5.41, 5.74) is 0.634. The highest BCUT2D eigenvalue weighted by Gasteiger charge is 2.50. The summed E-state index contributed by atoms with van der Waals surface area (Å²) in [5, 5.41) is 19.7. The second-order valence-electron chi connectivity index (χ2n) is 15.1. The first-order chi connectivity index (χ1) is 24.7. The molecule has 1 saturated carbocycles. The van der Waals surface area contributed by atoms with Crippen LogP contribution in [0.25, 0.3) is 33.1 Å². The van der Waals surface area contributed by atoms with Crippen molar-refractivity contribution in [3.63, 3.8) is 0 Å². The zero-order chi connectivity index (χ0) is 35.3. The molecular weight excluding hydrogens is 677 g/mol. The molecule has 4 aliphatic rings. The molecule has 3 aliphatic heterocycles. The summed E-state index contributed by atoms with van der Waals surface area (Å²) in [4.78, 5) is 19.1. The van der Waals surface area contributed by atoms with E-state index < -0.39 is 11.4 Å². The van der Waals surface area contributed by atoms with Gasteiger partial charge >= 0.3 is 6.01 Å². The topological polar surface area (TPSA) is 131 Å². The van der Waals surface area contributed by atoms with E-state index in [2.05, 4.69) is 15.1 Å². The van der Waals surface area contributed by atoms with Gasteiger partial charge in [0.25, 0.3) is 0 Å². The molecule has 0 radical (unpaired) electrons. The number of nitrogens with zero attached hydrogens (tertiary/aromatic N) is 6. The average Bonchev–Trinajstić information content (AvgIpc) is 3.61. The number of H-pyrrole nitrogens is 1. The Morgan fingerprint density at radius 2 is 1.94 bits per heavy atom. The maximum atomic E-state index is 17.2. The molecule has 274 valence electrons. The minimum absolute atomic E-state index is 0.0156. The van der Waals surface area contributed by atoms with Crippen LogP contribution in [-0.2, 0) is 9.47 Å². The van der Waals surface area contributed by atoms with Gasteiger partial charge in [-0.2, -0.15) is 15.1 Å². The number of ether oxygens (including phenoxy) is 4. The van der Waals surface area contributed by atoms with Crippen LogP contribution >= 0.6 is 11.6 Å². The number of fused-ring (bicyclic) bond motifs is 3. The third-order valence-corrected chi connectivity index (χ3v) is 12.0. The van der Waals surface area contributed by atoms with E-state index in [-0.39, 0.29) is 41.7 Å². The lowest BCUT2D eigenvalue weighted by Crippen LogP contribution is -2.55. The maximum Gasteiger partial charge on any atom is 0.319 e. The minimum Gasteiger partial charge on any atom is -0.480 e. The fourth-order valence-electron chi connectivity index (χ4n) is 9.16. The Morgan fingerprint density at radius 3 is 2.80 bits per heavy atom. The molecular formula is C37H47ClFN7O5. The summed E-state index contributed by atoms with van der Waals surface area (Å²) in [5.74, 6) is -0.133. The lowest BCUT2D eigenvalue weighted by atomic mass is 9.74. The summed E-state index contributed by atoms with van der Waals surface area (Å²) < 4.78 is 41.3. The summed E-state index contributed by atoms with van der Waals surface area (Å²) >= 11 is 6.64. The third kappa shape index (κ3) is 6.39. The number of piperidine rings is 1. The SMILES string of the molecule is COc1nc(-c2c(C)c(Cl)cc3[nH]ncc23)c(F)c2nc(OCC34CCCC3N(C3CCCOCC3)CCC4)nc(N3CCOCC(C)(O)C3)c12. The molecule has 1 aromatic carbocycles. The van der Waals surface area contributed by atoms with Crippen molar-refractivity contribution in [2.45, 2.75) is 82.9 Å². The molecule has 2 N–H and O–H groups in total. The highest BCUT2D eigenvalue weighted by atomic mass is 35.5. The van der Waals surface area contributed by atoms with Gasteiger partial charge in [0.2, 0.25) is 5.88 Å². The zero-order valence-electron chi connectivity index (χ0n) is 29.6. The van der Waals surface area contributed by atoms with Crippen molar-refractivity contribution >= 4 is 39.2 Å². The van der Waals surface area contributed by atoms with Crippen LogP contribution in [-0.4, -0.2) is 113 Å². The van der Waals surface area contributed by atoms with E-state index in [1.165, 1.54) is 7.11 Å². The smallest absolute Gasteiger partial charge is 0.319 e. The quantitative estimate of drug-likeness (QED) is 0.238. The van der Waals surface area contributed by atoms with E-state index in [0.717, 1.165) is 71.1 Å². The molecule has 3 saturated heterocycles. The average molecular weight is 724 g/mol. The fraction of sp³-hybridized carbons (Fsp3) is 0.622. The molecule has 4 unspecified atom stereocenters. The van der Waals surface area contributed by atoms with Gasteiger partial charge in [-0.15, -0.1) is 0 Å². The van der Waals surface area contributed by atoms with Gasteiger partial charge in [-0.1, -0.05) is 18.0 Å². The van der Waals surface area contributed by atoms with Crippen LogP contribution in [0.1, 0.15) is 63.9 Å². The Balaban J connectivity index is 1.23. The predicted octanol–water partition coefficient (Wildman–Crippen LogP) is 5.85. The molecule has 3 aromatic heterocycles. The van der Waals surface area contributed by atoms with E-state index >= 15 is 4.39 Å². The van der Waals surface area contributed by atoms with E-state index in [1.54, 1.807) is 19.2 Å². The normalized spacial score (nSPS) is 27.8. The Kier molecular flexibility index (Phi) is 9.45. The van der Waals surface area contributed by atoms with Gasteiger partial charge < -0.3 is 29.0 Å². The van der Waals surface area contributed by atoms with Crippen LogP contribution in [0.3, 0.4) is 0 Å². The Hall–Kier alpha value is -3.36. The Labute approximate surface area is 302 Å². The highest BCUT2D eigenvalue weighted by Crippen LogP contribution is 2.50. The standard InChI is InChI=1S/C37H47ClFN7O5/c1-22-25(38)17-26-24(18-40-44-26)28(22)31-30(39)32-29(34(41-31)48-3)33(45-13-16-50-20-36(2,47)19-45)43-35(42-32)51-21-37-10-4-8-27(37)46(12-6-11-37)23-7-5-14-49-15-9-23/h17-18,23,27,47H,4-16,19-21H2,1-3H3,(H,40,44). The van der Waals surface area contributed by atoms with Gasteiger partial charge in [0.1, 0.15) is 28.0 Å². The van der Waals surface area contributed by atoms with E-state index in [1.807, 2.05) is 11.8 Å². The highest BCUT2D eigenvalue weighted by molar-refractivity contribution is 6.33. The van der Waals surface area contributed by atoms with Crippen LogP contribution < -0.4 is 14.4 Å². The third-order valence-electron chi connectivity index (χ3n) is 11.6. The molecule has 4 fully saturated rings. The lowest BCUT2D eigenvalue weighted by molar-refractivity contribution is -0.0266. The predicted molar refractivity (Wildman–Crippen MR) is 192 cm³/mol. The van der Waals surface area contributed by atoms with Crippen molar-refractivity contribution in [3.05, 3.63) is 28.7 Å². The number of aromatic nitrogens is 5. The van der Waals surface area contributed by atoms with Crippen LogP contribution in [0.15, 0.2) is 12.3 Å². The molecule has 8 rings (SSSR count). The van der Waals surface area contributed by atoms with Crippen LogP contribution in [0, 0.1) is 18.2 Å². The number of likely N-dealkylation sites (tertiary alicyclic amines) is 1. The summed E-state index contributed by atoms with van der Waals surface area (Å²) in [6.45, 7) is 7.83. The molecule has 14 heteroatoms. The van der Waals surface area contributed by atoms with Gasteiger partial charge in [0.05, 0.1) is 45.2 Å². The van der Waals surface area contributed by atoms with Gasteiger partial charge in [0, 0.05) is 53.2 Å². The number of β-amino-alcohol motifs (C(OH)–C–C–N with tert-alkyl or cyclic N) is 1. The number of aromatic amines is 1. The van der Waals surface area contributed by atoms with Crippen molar-refractivity contribution in [2.24, 2.45) is 5.41 Å². The molecule has 6 heterocycles. The summed E-state index contributed by atoms with van der Waals surface area (Å²) in [6.07, 6.45) is 10.4. The summed E-state index contributed by atoms with van der Waals surface area (Å²) in [7, 11) is 1.49. The van der Waals surface area contributed by atoms with Crippen molar-refractivity contribution in [3.8, 4) is 23.1 Å². The first kappa shape index (κ1) is 34.7. The van der Waals surface area contributed by atoms with Gasteiger partial charge in [0.15, 0.2) is 5.82 Å². The molecule has 4 aromatic rings. The van der Waals surface area contributed by atoms with E-state index in [9.17, 15) is 5.11 Å². The fourth-order valence-corrected chi connectivity index (χ4v) is 9.37. The van der Waals surface area contributed by atoms with E-state index in [0.29, 0.717) is 70.1 Å².